The van der Waals surface area contributed by atoms with Gasteiger partial charge in [-0.05, 0) is 64.5 Å². The van der Waals surface area contributed by atoms with Crippen LogP contribution in [0.1, 0.15) is 56.5 Å². The predicted molar refractivity (Wildman–Crippen MR) is 95.4 cm³/mol. The minimum Gasteiger partial charge on any atom is -0.349 e. The molecule has 0 bridgehead atoms. The van der Waals surface area contributed by atoms with Crippen molar-refractivity contribution in [2.24, 2.45) is 0 Å². The molecule has 1 aliphatic rings. The summed E-state index contributed by atoms with van der Waals surface area (Å²) in [6, 6.07) is 8.16. The summed E-state index contributed by atoms with van der Waals surface area (Å²) in [5.74, 6) is 1.02. The first-order valence-electron chi connectivity index (χ1n) is 7.89. The molecule has 122 valence electrons. The third-order valence-corrected chi connectivity index (χ3v) is 4.67. The molecule has 4 heteroatoms. The van der Waals surface area contributed by atoms with Crippen LogP contribution < -0.4 is 10.6 Å². The number of carbonyl (C=O) groups is 1. The van der Waals surface area contributed by atoms with Crippen LogP contribution in [0.15, 0.2) is 24.3 Å². The van der Waals surface area contributed by atoms with E-state index in [0.717, 1.165) is 24.2 Å². The Morgan fingerprint density at radius 3 is 2.23 bits per heavy atom. The molecule has 0 aromatic heterocycles. The van der Waals surface area contributed by atoms with E-state index in [4.69, 9.17) is 0 Å². The summed E-state index contributed by atoms with van der Waals surface area (Å²) in [6.45, 7) is 8.79. The van der Waals surface area contributed by atoms with E-state index in [2.05, 4.69) is 44.6 Å². The number of benzene rings is 1. The van der Waals surface area contributed by atoms with E-state index >= 15 is 0 Å². The monoisotopic (exact) mass is 320 g/mol. The summed E-state index contributed by atoms with van der Waals surface area (Å²) >= 11 is 1.79. The molecule has 1 aromatic carbocycles. The lowest BCUT2D eigenvalue weighted by molar-refractivity contribution is 0.0873. The summed E-state index contributed by atoms with van der Waals surface area (Å²) in [6.07, 6.45) is 3.99. The van der Waals surface area contributed by atoms with Gasteiger partial charge in [0.25, 0.3) is 5.91 Å². The maximum Gasteiger partial charge on any atom is 0.251 e. The molecule has 1 amide bonds. The van der Waals surface area contributed by atoms with Gasteiger partial charge in [-0.2, -0.15) is 11.8 Å². The van der Waals surface area contributed by atoms with E-state index in [9.17, 15) is 4.79 Å². The van der Waals surface area contributed by atoms with Crippen LogP contribution in [0, 0.1) is 0 Å². The van der Waals surface area contributed by atoms with Crippen molar-refractivity contribution in [2.75, 3.05) is 6.26 Å². The fourth-order valence-electron chi connectivity index (χ4n) is 3.61. The highest BCUT2D eigenvalue weighted by Gasteiger charge is 2.38. The molecule has 0 radical (unpaired) electrons. The first-order chi connectivity index (χ1) is 10.2. The molecule has 0 saturated carbocycles. The minimum atomic E-state index is 0.0363. The molecular weight excluding hydrogens is 292 g/mol. The van der Waals surface area contributed by atoms with Crippen LogP contribution >= 0.6 is 11.8 Å². The summed E-state index contributed by atoms with van der Waals surface area (Å²) in [5.41, 5.74) is 2.09. The minimum absolute atomic E-state index is 0.0363. The van der Waals surface area contributed by atoms with Crippen molar-refractivity contribution in [3.8, 4) is 0 Å². The SMILES string of the molecule is CSCc1ccc(C(=O)NC2CC(C)(C)NC(C)(C)C2)cc1. The number of nitrogens with one attached hydrogen (secondary N) is 2. The van der Waals surface area contributed by atoms with Crippen molar-refractivity contribution in [1.82, 2.24) is 10.6 Å². The zero-order valence-corrected chi connectivity index (χ0v) is 15.1. The van der Waals surface area contributed by atoms with Crippen LogP contribution in [-0.2, 0) is 5.75 Å². The van der Waals surface area contributed by atoms with Gasteiger partial charge in [0.15, 0.2) is 0 Å². The standard InChI is InChI=1S/C18H28N2OS/c1-17(2)10-15(11-18(3,4)20-17)19-16(21)14-8-6-13(7-9-14)12-22-5/h6-9,15,20H,10-12H2,1-5H3,(H,19,21). The van der Waals surface area contributed by atoms with Gasteiger partial charge in [0.2, 0.25) is 0 Å². The highest BCUT2D eigenvalue weighted by molar-refractivity contribution is 7.97. The van der Waals surface area contributed by atoms with Crippen LogP contribution in [0.2, 0.25) is 0 Å². The maximum atomic E-state index is 12.5. The van der Waals surface area contributed by atoms with Crippen LogP contribution in [0.4, 0.5) is 0 Å². The summed E-state index contributed by atoms with van der Waals surface area (Å²) in [5, 5.41) is 6.86. The van der Waals surface area contributed by atoms with Gasteiger partial charge in [-0.15, -0.1) is 0 Å². The van der Waals surface area contributed by atoms with Gasteiger partial charge in [0.1, 0.15) is 0 Å². The predicted octanol–water partition coefficient (Wildman–Crippen LogP) is 3.59. The van der Waals surface area contributed by atoms with Crippen molar-refractivity contribution in [1.29, 1.82) is 0 Å². The quantitative estimate of drug-likeness (QED) is 0.891. The van der Waals surface area contributed by atoms with Crippen LogP contribution in [-0.4, -0.2) is 29.3 Å². The number of piperidine rings is 1. The lowest BCUT2D eigenvalue weighted by Gasteiger charge is -2.46. The Labute approximate surface area is 138 Å². The lowest BCUT2D eigenvalue weighted by Crippen LogP contribution is -2.62. The topological polar surface area (TPSA) is 41.1 Å². The Morgan fingerprint density at radius 2 is 1.73 bits per heavy atom. The van der Waals surface area contributed by atoms with Gasteiger partial charge < -0.3 is 10.6 Å². The van der Waals surface area contributed by atoms with Crippen LogP contribution in [0.5, 0.6) is 0 Å². The van der Waals surface area contributed by atoms with E-state index in [1.54, 1.807) is 11.8 Å². The molecule has 22 heavy (non-hydrogen) atoms. The summed E-state index contributed by atoms with van der Waals surface area (Å²) in [7, 11) is 0. The third kappa shape index (κ3) is 4.75. The van der Waals surface area contributed by atoms with Crippen molar-refractivity contribution < 1.29 is 4.79 Å². The summed E-state index contributed by atoms with van der Waals surface area (Å²) < 4.78 is 0. The number of hydrogen-bond acceptors (Lipinski definition) is 3. The molecule has 1 aromatic rings. The van der Waals surface area contributed by atoms with Crippen molar-refractivity contribution >= 4 is 17.7 Å². The van der Waals surface area contributed by atoms with Gasteiger partial charge in [-0.1, -0.05) is 12.1 Å². The fourth-order valence-corrected chi connectivity index (χ4v) is 4.14. The zero-order chi connectivity index (χ0) is 16.4. The second kappa shape index (κ2) is 6.63. The number of carbonyl (C=O) groups excluding carboxylic acids is 1. The summed E-state index contributed by atoms with van der Waals surface area (Å²) in [4.78, 5) is 12.5. The van der Waals surface area contributed by atoms with Gasteiger partial charge in [0.05, 0.1) is 0 Å². The molecule has 0 aliphatic carbocycles. The van der Waals surface area contributed by atoms with Gasteiger partial charge >= 0.3 is 0 Å². The van der Waals surface area contributed by atoms with Crippen LogP contribution in [0.3, 0.4) is 0 Å². The normalized spacial score (nSPS) is 20.6. The van der Waals surface area contributed by atoms with E-state index in [1.165, 1.54) is 5.56 Å². The first kappa shape index (κ1) is 17.4. The molecule has 1 aliphatic heterocycles. The molecule has 2 N–H and O–H groups in total. The largest absolute Gasteiger partial charge is 0.349 e. The highest BCUT2D eigenvalue weighted by atomic mass is 32.2. The highest BCUT2D eigenvalue weighted by Crippen LogP contribution is 2.28. The number of amides is 1. The first-order valence-corrected chi connectivity index (χ1v) is 9.28. The van der Waals surface area contributed by atoms with Gasteiger partial charge in [-0.25, -0.2) is 0 Å². The fraction of sp³-hybridized carbons (Fsp3) is 0.611. The molecule has 2 rings (SSSR count). The van der Waals surface area contributed by atoms with Crippen molar-refractivity contribution in [3.05, 3.63) is 35.4 Å². The van der Waals surface area contributed by atoms with Gasteiger partial charge in [0, 0.05) is 28.4 Å². The average molecular weight is 321 g/mol. The molecule has 1 heterocycles. The van der Waals surface area contributed by atoms with Gasteiger partial charge in [-0.3, -0.25) is 4.79 Å². The van der Waals surface area contributed by atoms with E-state index in [0.29, 0.717) is 0 Å². The molecule has 1 saturated heterocycles. The molecule has 3 nitrogen and oxygen atoms in total. The lowest BCUT2D eigenvalue weighted by atomic mass is 9.79. The molecule has 0 atom stereocenters. The van der Waals surface area contributed by atoms with Crippen LogP contribution in [0.25, 0.3) is 0 Å². The van der Waals surface area contributed by atoms with Crippen molar-refractivity contribution in [2.45, 2.75) is 63.4 Å². The zero-order valence-electron chi connectivity index (χ0n) is 14.3. The Morgan fingerprint density at radius 1 is 1.18 bits per heavy atom. The third-order valence-electron chi connectivity index (χ3n) is 4.05. The second-order valence-corrected chi connectivity index (χ2v) is 8.47. The van der Waals surface area contributed by atoms with Crippen molar-refractivity contribution in [3.63, 3.8) is 0 Å². The smallest absolute Gasteiger partial charge is 0.251 e. The molecular formula is C18H28N2OS. The average Bonchev–Trinajstić information content (AvgIpc) is 2.36. The number of rotatable bonds is 4. The Bertz CT molecular complexity index is 506. The molecule has 0 spiro atoms. The second-order valence-electron chi connectivity index (χ2n) is 7.60. The van der Waals surface area contributed by atoms with E-state index in [1.807, 2.05) is 24.3 Å². The maximum absolute atomic E-state index is 12.5. The number of hydrogen-bond donors (Lipinski definition) is 2. The van der Waals surface area contributed by atoms with E-state index < -0.39 is 0 Å². The Kier molecular flexibility index (Phi) is 5.23. The molecule has 1 fully saturated rings. The van der Waals surface area contributed by atoms with E-state index in [-0.39, 0.29) is 23.0 Å². The Balaban J connectivity index is 2.01. The molecule has 0 unspecified atom stereocenters. The number of thioether (sulfide) groups is 1. The Hall–Kier alpha value is -1.00.